The second-order valence-corrected chi connectivity index (χ2v) is 4.35. The van der Waals surface area contributed by atoms with Crippen molar-refractivity contribution in [2.45, 2.75) is 25.8 Å². The van der Waals surface area contributed by atoms with Gasteiger partial charge in [0.2, 0.25) is 0 Å². The first-order valence-electron chi connectivity index (χ1n) is 5.88. The van der Waals surface area contributed by atoms with Crippen molar-refractivity contribution >= 4 is 17.6 Å². The van der Waals surface area contributed by atoms with E-state index in [2.05, 4.69) is 5.32 Å². The van der Waals surface area contributed by atoms with Crippen molar-refractivity contribution in [3.63, 3.8) is 0 Å². The number of nitro groups is 1. The van der Waals surface area contributed by atoms with Crippen LogP contribution in [0.3, 0.4) is 0 Å². The molecule has 1 aromatic carbocycles. The first kappa shape index (κ1) is 16.5. The molecule has 0 saturated heterocycles. The third kappa shape index (κ3) is 4.48. The number of rotatable bonds is 6. The van der Waals surface area contributed by atoms with Gasteiger partial charge in [0, 0.05) is 12.5 Å². The summed E-state index contributed by atoms with van der Waals surface area (Å²) in [6.07, 6.45) is -0.111. The number of nitrogens with zero attached hydrogens (tertiary/aromatic N) is 1. The number of hydrogen-bond acceptors (Lipinski definition) is 4. The molecule has 0 aliphatic heterocycles. The Labute approximate surface area is 117 Å². The van der Waals surface area contributed by atoms with Gasteiger partial charge in [0.1, 0.15) is 5.56 Å². The van der Waals surface area contributed by atoms with E-state index < -0.39 is 45.7 Å². The summed E-state index contributed by atoms with van der Waals surface area (Å²) in [7, 11) is 0. The molecule has 0 bridgehead atoms. The minimum absolute atomic E-state index is 0.0958. The summed E-state index contributed by atoms with van der Waals surface area (Å²) < 4.78 is 26.1. The number of amides is 1. The number of benzene rings is 1. The third-order valence-corrected chi connectivity index (χ3v) is 2.65. The number of carbonyl (C=O) groups is 2. The summed E-state index contributed by atoms with van der Waals surface area (Å²) in [4.78, 5) is 32.0. The zero-order valence-corrected chi connectivity index (χ0v) is 10.9. The lowest BCUT2D eigenvalue weighted by molar-refractivity contribution is -0.385. The van der Waals surface area contributed by atoms with E-state index >= 15 is 0 Å². The lowest BCUT2D eigenvalue weighted by Gasteiger charge is -2.13. The first-order valence-corrected chi connectivity index (χ1v) is 5.88. The minimum Gasteiger partial charge on any atom is -0.481 e. The average molecular weight is 302 g/mol. The highest BCUT2D eigenvalue weighted by molar-refractivity contribution is 5.98. The molecule has 9 heteroatoms. The quantitative estimate of drug-likeness (QED) is 0.615. The van der Waals surface area contributed by atoms with E-state index in [1.807, 2.05) is 0 Å². The maximum Gasteiger partial charge on any atom is 0.303 e. The molecule has 0 aliphatic rings. The molecule has 21 heavy (non-hydrogen) atoms. The number of carboxylic acids is 1. The summed E-state index contributed by atoms with van der Waals surface area (Å²) in [6.45, 7) is 1.49. The number of carbonyl (C=O) groups excluding carboxylic acids is 1. The van der Waals surface area contributed by atoms with Crippen LogP contribution < -0.4 is 5.32 Å². The van der Waals surface area contributed by atoms with Crippen LogP contribution in [0.5, 0.6) is 0 Å². The van der Waals surface area contributed by atoms with Crippen molar-refractivity contribution < 1.29 is 28.4 Å². The van der Waals surface area contributed by atoms with E-state index in [9.17, 15) is 28.5 Å². The fourth-order valence-electron chi connectivity index (χ4n) is 1.58. The summed E-state index contributed by atoms with van der Waals surface area (Å²) in [5.41, 5.74) is -1.49. The molecule has 0 heterocycles. The molecule has 1 rings (SSSR count). The lowest BCUT2D eigenvalue weighted by Crippen LogP contribution is -2.33. The smallest absolute Gasteiger partial charge is 0.303 e. The van der Waals surface area contributed by atoms with Crippen molar-refractivity contribution in [2.24, 2.45) is 0 Å². The number of nitro benzene ring substituents is 1. The minimum atomic E-state index is -1.43. The Morgan fingerprint density at radius 2 is 1.95 bits per heavy atom. The second kappa shape index (κ2) is 6.73. The van der Waals surface area contributed by atoms with Gasteiger partial charge >= 0.3 is 5.97 Å². The lowest BCUT2D eigenvalue weighted by atomic mass is 10.1. The molecule has 0 aliphatic carbocycles. The number of hydrogen-bond donors (Lipinski definition) is 2. The van der Waals surface area contributed by atoms with Crippen LogP contribution in [-0.2, 0) is 4.79 Å². The van der Waals surface area contributed by atoms with Gasteiger partial charge in [-0.25, -0.2) is 8.78 Å². The first-order chi connectivity index (χ1) is 9.72. The highest BCUT2D eigenvalue weighted by Crippen LogP contribution is 2.22. The molecule has 1 atom stereocenters. The molecule has 0 aromatic heterocycles. The fourth-order valence-corrected chi connectivity index (χ4v) is 1.58. The molecule has 114 valence electrons. The highest BCUT2D eigenvalue weighted by Gasteiger charge is 2.24. The van der Waals surface area contributed by atoms with Crippen LogP contribution in [0.4, 0.5) is 14.5 Å². The van der Waals surface area contributed by atoms with Gasteiger partial charge in [0.05, 0.1) is 11.0 Å². The van der Waals surface area contributed by atoms with Gasteiger partial charge in [0.25, 0.3) is 11.6 Å². The van der Waals surface area contributed by atoms with E-state index in [1.54, 1.807) is 0 Å². The Kier molecular flexibility index (Phi) is 5.28. The van der Waals surface area contributed by atoms with Gasteiger partial charge in [0.15, 0.2) is 11.6 Å². The molecule has 0 fully saturated rings. The Hall–Kier alpha value is -2.58. The average Bonchev–Trinajstić information content (AvgIpc) is 2.38. The molecule has 1 unspecified atom stereocenters. The Bertz CT molecular complexity index is 591. The summed E-state index contributed by atoms with van der Waals surface area (Å²) in [6, 6.07) is 0.167. The van der Waals surface area contributed by atoms with E-state index in [0.717, 1.165) is 0 Å². The molecule has 1 amide bonds. The maximum atomic E-state index is 13.1. The van der Waals surface area contributed by atoms with E-state index in [4.69, 9.17) is 5.11 Å². The van der Waals surface area contributed by atoms with Gasteiger partial charge in [-0.05, 0) is 19.4 Å². The molecule has 0 radical (unpaired) electrons. The SMILES string of the molecule is CC(CCC(=O)O)NC(=O)c1cc(F)c(F)cc1[N+](=O)[O-]. The molecular weight excluding hydrogens is 290 g/mol. The van der Waals surface area contributed by atoms with Crippen LogP contribution in [0.1, 0.15) is 30.1 Å². The highest BCUT2D eigenvalue weighted by atomic mass is 19.2. The normalized spacial score (nSPS) is 11.8. The van der Waals surface area contributed by atoms with Gasteiger partial charge in [-0.3, -0.25) is 19.7 Å². The monoisotopic (exact) mass is 302 g/mol. The van der Waals surface area contributed by atoms with Crippen LogP contribution in [-0.4, -0.2) is 27.9 Å². The zero-order chi connectivity index (χ0) is 16.2. The summed E-state index contributed by atoms with van der Waals surface area (Å²) in [5, 5.41) is 21.6. The summed E-state index contributed by atoms with van der Waals surface area (Å²) >= 11 is 0. The van der Waals surface area contributed by atoms with Crippen molar-refractivity contribution in [2.75, 3.05) is 0 Å². The standard InChI is InChI=1S/C12H12F2N2O5/c1-6(2-3-11(17)18)15-12(19)7-4-8(13)9(14)5-10(7)16(20)21/h4-6H,2-3H2,1H3,(H,15,19)(H,17,18). The predicted octanol–water partition coefficient (Wildman–Crippen LogP) is 1.86. The number of carboxylic acid groups (broad SMARTS) is 1. The Balaban J connectivity index is 2.94. The molecule has 0 spiro atoms. The van der Waals surface area contributed by atoms with E-state index in [0.29, 0.717) is 12.1 Å². The van der Waals surface area contributed by atoms with Crippen LogP contribution in [0.25, 0.3) is 0 Å². The second-order valence-electron chi connectivity index (χ2n) is 4.35. The zero-order valence-electron chi connectivity index (χ0n) is 10.9. The maximum absolute atomic E-state index is 13.1. The molecule has 2 N–H and O–H groups in total. The molecule has 7 nitrogen and oxygen atoms in total. The van der Waals surface area contributed by atoms with Crippen LogP contribution in [0.2, 0.25) is 0 Å². The number of halogens is 2. The molecule has 0 saturated carbocycles. The Morgan fingerprint density at radius 3 is 2.48 bits per heavy atom. The summed E-state index contributed by atoms with van der Waals surface area (Å²) in [5.74, 6) is -4.85. The molecular formula is C12H12F2N2O5. The predicted molar refractivity (Wildman–Crippen MR) is 66.8 cm³/mol. The van der Waals surface area contributed by atoms with E-state index in [-0.39, 0.29) is 12.8 Å². The molecule has 1 aromatic rings. The van der Waals surface area contributed by atoms with Crippen LogP contribution in [0.15, 0.2) is 12.1 Å². The van der Waals surface area contributed by atoms with Crippen LogP contribution >= 0.6 is 0 Å². The fraction of sp³-hybridized carbons (Fsp3) is 0.333. The number of aliphatic carboxylic acids is 1. The van der Waals surface area contributed by atoms with Crippen molar-refractivity contribution in [1.29, 1.82) is 0 Å². The Morgan fingerprint density at radius 1 is 1.38 bits per heavy atom. The van der Waals surface area contributed by atoms with Gasteiger partial charge in [-0.1, -0.05) is 0 Å². The van der Waals surface area contributed by atoms with Crippen molar-refractivity contribution in [3.05, 3.63) is 39.4 Å². The largest absolute Gasteiger partial charge is 0.481 e. The van der Waals surface area contributed by atoms with E-state index in [1.165, 1.54) is 6.92 Å². The van der Waals surface area contributed by atoms with Crippen molar-refractivity contribution in [3.8, 4) is 0 Å². The third-order valence-electron chi connectivity index (χ3n) is 2.65. The van der Waals surface area contributed by atoms with Crippen molar-refractivity contribution in [1.82, 2.24) is 5.32 Å². The van der Waals surface area contributed by atoms with Gasteiger partial charge < -0.3 is 10.4 Å². The van der Waals surface area contributed by atoms with Gasteiger partial charge in [-0.15, -0.1) is 0 Å². The topological polar surface area (TPSA) is 110 Å². The van der Waals surface area contributed by atoms with Gasteiger partial charge in [-0.2, -0.15) is 0 Å². The van der Waals surface area contributed by atoms with Crippen LogP contribution in [0, 0.1) is 21.7 Å². The number of nitrogens with one attached hydrogen (secondary N) is 1.